The zero-order chi connectivity index (χ0) is 0. The van der Waals surface area contributed by atoms with Gasteiger partial charge in [0.25, 0.3) is 0 Å². The van der Waals surface area contributed by atoms with E-state index in [0.29, 0.717) is 0 Å². The summed E-state index contributed by atoms with van der Waals surface area (Å²) in [6.07, 6.45) is 0. The quantitative estimate of drug-likeness (QED) is 0.302. The molecular weight excluding hydrogens is 345 g/mol. The molecule has 0 spiro atoms. The van der Waals surface area contributed by atoms with Gasteiger partial charge in [-0.1, -0.05) is 0 Å². The van der Waals surface area contributed by atoms with E-state index in [4.69, 9.17) is 0 Å². The van der Waals surface area contributed by atoms with Crippen molar-refractivity contribution in [1.82, 2.24) is 0 Å². The van der Waals surface area contributed by atoms with Crippen molar-refractivity contribution in [2.75, 3.05) is 0 Å². The van der Waals surface area contributed by atoms with Crippen LogP contribution in [0.25, 0.3) is 0 Å². The molecule has 0 heterocycles. The van der Waals surface area contributed by atoms with Crippen LogP contribution in [0.15, 0.2) is 0 Å². The molecule has 0 unspecified atom stereocenters. The van der Waals surface area contributed by atoms with Crippen LogP contribution in [0.2, 0.25) is 0 Å². The normalized spacial score (nSPS) is 0. The summed E-state index contributed by atoms with van der Waals surface area (Å²) in [6, 6.07) is 0. The Morgan fingerprint density at radius 2 is 0.385 bits per heavy atom. The molecular formula is AlCrF9LiSr. The third-order valence-electron chi connectivity index (χ3n) is 0. The molecule has 75 valence electrons. The number of hydrogen-bond acceptors (Lipinski definition) is 0. The molecule has 1 radical (unpaired) electrons. The molecule has 0 N–H and O–H groups in total. The van der Waals surface area contributed by atoms with Crippen molar-refractivity contribution < 1.29 is 78.6 Å². The Kier molecular flexibility index (Phi) is 16700. The second-order valence-electron chi connectivity index (χ2n) is 0. The van der Waals surface area contributed by atoms with Crippen molar-refractivity contribution in [3.8, 4) is 0 Å². The predicted molar refractivity (Wildman–Crippen MR) is 11.5 cm³/mol. The average Bonchev–Trinajstić information content (AvgIpc) is 0. The van der Waals surface area contributed by atoms with E-state index < -0.39 is 0 Å². The van der Waals surface area contributed by atoms with Crippen LogP contribution >= 0.6 is 0 Å². The Hall–Kier alpha value is 2.51. The number of hydrogen-bond donors (Lipinski definition) is 0. The maximum absolute atomic E-state index is 0. The predicted octanol–water partition coefficient (Wildman–Crippen LogP) is -30.7. The number of rotatable bonds is 0. The first-order valence-corrected chi connectivity index (χ1v) is 0. The maximum Gasteiger partial charge on any atom is 3.00 e. The van der Waals surface area contributed by atoms with Crippen molar-refractivity contribution in [2.45, 2.75) is 0 Å². The Morgan fingerprint density at radius 3 is 0.385 bits per heavy atom. The molecule has 0 aromatic carbocycles. The molecule has 0 aliphatic heterocycles. The fourth-order valence-corrected chi connectivity index (χ4v) is 0. The fraction of sp³-hybridized carbons (Fsp3) is 0. The first-order chi connectivity index (χ1) is 0. The summed E-state index contributed by atoms with van der Waals surface area (Å²) in [7, 11) is 0. The summed E-state index contributed by atoms with van der Waals surface area (Å²) >= 11 is 0. The summed E-state index contributed by atoms with van der Waals surface area (Å²) in [5, 5.41) is 0. The van der Waals surface area contributed by atoms with Crippen LogP contribution in [0.3, 0.4) is 0 Å². The SMILES string of the molecule is [Al+3].[Cr+3].[F-].[F-].[F-].[F-].[F-].[F-].[F-].[F-].[F-].[Li+].[Sr+2]. The molecule has 13 heteroatoms. The van der Waals surface area contributed by atoms with Crippen LogP contribution in [0.4, 0.5) is 0 Å². The van der Waals surface area contributed by atoms with E-state index >= 15 is 0 Å². The van der Waals surface area contributed by atoms with Crippen molar-refractivity contribution in [3.63, 3.8) is 0 Å². The molecule has 0 rings (SSSR count). The van der Waals surface area contributed by atoms with E-state index in [1.54, 1.807) is 0 Å². The van der Waals surface area contributed by atoms with Gasteiger partial charge in [0, 0.05) is 0 Å². The van der Waals surface area contributed by atoms with E-state index in [2.05, 4.69) is 0 Å². The van der Waals surface area contributed by atoms with Crippen LogP contribution < -0.4 is 61.2 Å². The van der Waals surface area contributed by atoms with Gasteiger partial charge in [-0.05, 0) is 0 Å². The topological polar surface area (TPSA) is 0 Å². The first kappa shape index (κ1) is 517. The zero-order valence-electron chi connectivity index (χ0n) is 6.09. The van der Waals surface area contributed by atoms with Gasteiger partial charge >= 0.3 is 99.1 Å². The second-order valence-corrected chi connectivity index (χ2v) is 0. The van der Waals surface area contributed by atoms with Crippen LogP contribution in [0, 0.1) is 0 Å². The van der Waals surface area contributed by atoms with Gasteiger partial charge in [-0.2, -0.15) is 0 Å². The van der Waals surface area contributed by atoms with E-state index in [-0.39, 0.29) is 141 Å². The maximum atomic E-state index is 0. The van der Waals surface area contributed by atoms with Crippen molar-refractivity contribution in [3.05, 3.63) is 0 Å². The minimum atomic E-state index is 0. The summed E-state index contributed by atoms with van der Waals surface area (Å²) in [4.78, 5) is 0. The third kappa shape index (κ3) is 360. The Balaban J connectivity index is 0. The molecule has 0 aromatic rings. The fourth-order valence-electron chi connectivity index (χ4n) is 0. The molecule has 0 aliphatic carbocycles. The molecule has 0 aliphatic rings. The molecule has 0 saturated carbocycles. The van der Waals surface area contributed by atoms with Gasteiger partial charge in [0.1, 0.15) is 0 Å². The molecule has 0 fully saturated rings. The van der Waals surface area contributed by atoms with Crippen LogP contribution in [0.1, 0.15) is 0 Å². The van der Waals surface area contributed by atoms with Crippen LogP contribution in [0.5, 0.6) is 0 Å². The Labute approximate surface area is 139 Å². The molecule has 0 atom stereocenters. The van der Waals surface area contributed by atoms with Crippen LogP contribution in [-0.2, 0) is 17.4 Å². The van der Waals surface area contributed by atoms with Crippen molar-refractivity contribution in [2.24, 2.45) is 0 Å². The first-order valence-electron chi connectivity index (χ1n) is 0. The van der Waals surface area contributed by atoms with Gasteiger partial charge in [0.05, 0.1) is 0 Å². The summed E-state index contributed by atoms with van der Waals surface area (Å²) in [6.45, 7) is 0. The minimum absolute atomic E-state index is 0. The van der Waals surface area contributed by atoms with E-state index in [0.717, 1.165) is 0 Å². The molecule has 13 heavy (non-hydrogen) atoms. The summed E-state index contributed by atoms with van der Waals surface area (Å²) < 4.78 is 0. The monoisotopic (exact) mass is 345 g/mol. The minimum Gasteiger partial charge on any atom is -1.00 e. The van der Waals surface area contributed by atoms with Crippen molar-refractivity contribution in [1.29, 1.82) is 0 Å². The van der Waals surface area contributed by atoms with Crippen LogP contribution in [-0.4, -0.2) is 62.8 Å². The van der Waals surface area contributed by atoms with E-state index in [1.165, 1.54) is 0 Å². The molecule has 0 amide bonds. The molecule has 0 nitrogen and oxygen atoms in total. The smallest absolute Gasteiger partial charge is 1.00 e. The van der Waals surface area contributed by atoms with Gasteiger partial charge < -0.3 is 42.3 Å². The number of halogens is 9. The second kappa shape index (κ2) is 420. The van der Waals surface area contributed by atoms with E-state index in [1.807, 2.05) is 0 Å². The zero-order valence-corrected chi connectivity index (χ0v) is 12.0. The average molecular weight is 345 g/mol. The largest absolute Gasteiger partial charge is 3.00 e. The molecule has 0 saturated heterocycles. The Bertz CT molecular complexity index is 19.6. The third-order valence-corrected chi connectivity index (χ3v) is 0. The van der Waals surface area contributed by atoms with Crippen molar-refractivity contribution >= 4 is 62.8 Å². The molecule has 0 aromatic heterocycles. The van der Waals surface area contributed by atoms with Gasteiger partial charge in [-0.25, -0.2) is 0 Å². The summed E-state index contributed by atoms with van der Waals surface area (Å²) in [5.41, 5.74) is 0. The van der Waals surface area contributed by atoms with E-state index in [9.17, 15) is 0 Å². The van der Waals surface area contributed by atoms with Gasteiger partial charge in [-0.3, -0.25) is 0 Å². The molecule has 0 bridgehead atoms. The van der Waals surface area contributed by atoms with Gasteiger partial charge in [0.15, 0.2) is 0 Å². The standard InChI is InChI=1S/Al.Cr.9FH.Li.Sr/h;;9*1H;;/q2*+3;;;;;;;;;;+1;+2/p-9. The summed E-state index contributed by atoms with van der Waals surface area (Å²) in [5.74, 6) is 0. The Morgan fingerprint density at radius 1 is 0.385 bits per heavy atom. The van der Waals surface area contributed by atoms with Gasteiger partial charge in [-0.15, -0.1) is 0 Å². The van der Waals surface area contributed by atoms with Gasteiger partial charge in [0.2, 0.25) is 0 Å².